The molecule has 1 aromatic carbocycles. The summed E-state index contributed by atoms with van der Waals surface area (Å²) in [5.74, 6) is 8.09. The molecule has 0 radical (unpaired) electrons. The van der Waals surface area contributed by atoms with E-state index in [0.717, 1.165) is 21.5 Å². The Morgan fingerprint density at radius 3 is 2.75 bits per heavy atom. The van der Waals surface area contributed by atoms with E-state index in [9.17, 15) is 0 Å². The van der Waals surface area contributed by atoms with Gasteiger partial charge in [-0.25, -0.2) is 15.8 Å². The molecule has 0 amide bonds. The third kappa shape index (κ3) is 2.62. The van der Waals surface area contributed by atoms with Crippen molar-refractivity contribution in [2.75, 3.05) is 12.5 Å². The average molecular weight is 335 g/mol. The number of nitrogens with zero attached hydrogens (tertiary/aromatic N) is 2. The van der Waals surface area contributed by atoms with Crippen LogP contribution in [-0.2, 0) is 0 Å². The molecule has 0 unspecified atom stereocenters. The lowest BCUT2D eigenvalue weighted by molar-refractivity contribution is 0.415. The highest BCUT2D eigenvalue weighted by molar-refractivity contribution is 9.10. The van der Waals surface area contributed by atoms with Gasteiger partial charge >= 0.3 is 0 Å². The first-order valence-electron chi connectivity index (χ1n) is 6.41. The number of nitrogens with two attached hydrogens (primary N) is 1. The van der Waals surface area contributed by atoms with Crippen molar-refractivity contribution in [3.05, 3.63) is 34.4 Å². The van der Waals surface area contributed by atoms with Gasteiger partial charge < -0.3 is 10.2 Å². The van der Waals surface area contributed by atoms with Crippen LogP contribution in [0.25, 0.3) is 11.4 Å². The van der Waals surface area contributed by atoms with Crippen LogP contribution in [0.15, 0.2) is 28.7 Å². The summed E-state index contributed by atoms with van der Waals surface area (Å²) in [6.45, 7) is 0. The van der Waals surface area contributed by atoms with Gasteiger partial charge in [0.25, 0.3) is 0 Å². The van der Waals surface area contributed by atoms with Gasteiger partial charge in [-0.15, -0.1) is 0 Å². The van der Waals surface area contributed by atoms with Gasteiger partial charge in [0.1, 0.15) is 11.6 Å². The highest BCUT2D eigenvalue weighted by Gasteiger charge is 2.26. The highest BCUT2D eigenvalue weighted by Crippen LogP contribution is 2.40. The molecule has 0 atom stereocenters. The molecule has 1 aliphatic rings. The molecule has 2 aromatic rings. The fraction of sp³-hybridized carbons (Fsp3) is 0.286. The van der Waals surface area contributed by atoms with Crippen molar-refractivity contribution >= 4 is 21.7 Å². The first-order chi connectivity index (χ1) is 9.71. The Labute approximate surface area is 125 Å². The fourth-order valence-corrected chi connectivity index (χ4v) is 2.48. The Morgan fingerprint density at radius 1 is 1.30 bits per heavy atom. The molecule has 1 heterocycles. The summed E-state index contributed by atoms with van der Waals surface area (Å²) in [4.78, 5) is 9.09. The summed E-state index contributed by atoms with van der Waals surface area (Å²) >= 11 is 3.53. The van der Waals surface area contributed by atoms with Crippen molar-refractivity contribution in [2.24, 2.45) is 5.84 Å². The second-order valence-electron chi connectivity index (χ2n) is 4.77. The molecule has 1 saturated carbocycles. The van der Waals surface area contributed by atoms with E-state index >= 15 is 0 Å². The number of nitrogen functional groups attached to an aromatic ring is 1. The molecule has 104 valence electrons. The lowest BCUT2D eigenvalue weighted by Crippen LogP contribution is -2.10. The quantitative estimate of drug-likeness (QED) is 0.664. The van der Waals surface area contributed by atoms with Crippen LogP contribution < -0.4 is 16.0 Å². The topological polar surface area (TPSA) is 73.1 Å². The number of rotatable bonds is 4. The van der Waals surface area contributed by atoms with Gasteiger partial charge in [-0.3, -0.25) is 0 Å². The van der Waals surface area contributed by atoms with E-state index in [1.165, 1.54) is 12.8 Å². The third-order valence-electron chi connectivity index (χ3n) is 3.30. The van der Waals surface area contributed by atoms with Gasteiger partial charge in [0.15, 0.2) is 5.82 Å². The Hall–Kier alpha value is -1.66. The van der Waals surface area contributed by atoms with Gasteiger partial charge in [0, 0.05) is 27.7 Å². The van der Waals surface area contributed by atoms with Crippen LogP contribution in [0.3, 0.4) is 0 Å². The number of aromatic nitrogens is 2. The summed E-state index contributed by atoms with van der Waals surface area (Å²) in [6.07, 6.45) is 2.36. The predicted octanol–water partition coefficient (Wildman–Crippen LogP) is 3.08. The van der Waals surface area contributed by atoms with E-state index < -0.39 is 0 Å². The van der Waals surface area contributed by atoms with Crippen LogP contribution in [0.2, 0.25) is 0 Å². The van der Waals surface area contributed by atoms with Gasteiger partial charge in [-0.2, -0.15) is 0 Å². The molecule has 3 rings (SSSR count). The molecular formula is C14H15BrN4O. The summed E-state index contributed by atoms with van der Waals surface area (Å²) in [5.41, 5.74) is 4.54. The molecule has 1 aromatic heterocycles. The lowest BCUT2D eigenvalue weighted by Gasteiger charge is -2.10. The molecule has 0 spiro atoms. The minimum absolute atomic E-state index is 0.535. The number of ether oxygens (including phenoxy) is 1. The zero-order valence-corrected chi connectivity index (χ0v) is 12.6. The van der Waals surface area contributed by atoms with E-state index in [1.54, 1.807) is 7.11 Å². The van der Waals surface area contributed by atoms with E-state index in [1.807, 2.05) is 24.3 Å². The molecule has 3 N–H and O–H groups in total. The van der Waals surface area contributed by atoms with Crippen LogP contribution in [0.5, 0.6) is 5.75 Å². The maximum Gasteiger partial charge on any atom is 0.163 e. The first kappa shape index (κ1) is 13.3. The van der Waals surface area contributed by atoms with Gasteiger partial charge in [-0.1, -0.05) is 15.9 Å². The Bertz CT molecular complexity index is 643. The molecule has 1 fully saturated rings. The Kier molecular flexibility index (Phi) is 3.58. The number of halogens is 1. The molecule has 0 aliphatic heterocycles. The fourth-order valence-electron chi connectivity index (χ4n) is 2.05. The number of methoxy groups -OCH3 is 1. The van der Waals surface area contributed by atoms with Crippen molar-refractivity contribution in [2.45, 2.75) is 18.8 Å². The first-order valence-corrected chi connectivity index (χ1v) is 7.20. The smallest absolute Gasteiger partial charge is 0.163 e. The summed E-state index contributed by atoms with van der Waals surface area (Å²) in [7, 11) is 1.64. The zero-order chi connectivity index (χ0) is 14.1. The maximum atomic E-state index is 5.50. The highest BCUT2D eigenvalue weighted by atomic mass is 79.9. The number of hydrogen-bond donors (Lipinski definition) is 2. The van der Waals surface area contributed by atoms with E-state index in [2.05, 4.69) is 31.3 Å². The van der Waals surface area contributed by atoms with Crippen molar-refractivity contribution in [1.29, 1.82) is 0 Å². The largest absolute Gasteiger partial charge is 0.497 e. The molecule has 5 nitrogen and oxygen atoms in total. The number of hydrazine groups is 1. The van der Waals surface area contributed by atoms with Crippen molar-refractivity contribution < 1.29 is 4.74 Å². The van der Waals surface area contributed by atoms with E-state index in [4.69, 9.17) is 10.6 Å². The monoisotopic (exact) mass is 334 g/mol. The molecule has 20 heavy (non-hydrogen) atoms. The minimum Gasteiger partial charge on any atom is -0.497 e. The summed E-state index contributed by atoms with van der Waals surface area (Å²) < 4.78 is 6.19. The molecule has 0 bridgehead atoms. The second-order valence-corrected chi connectivity index (χ2v) is 5.62. The Balaban J connectivity index is 2.10. The normalized spacial score (nSPS) is 14.2. The average Bonchev–Trinajstić information content (AvgIpc) is 3.32. The van der Waals surface area contributed by atoms with Crippen LogP contribution in [0.1, 0.15) is 24.5 Å². The summed E-state index contributed by atoms with van der Waals surface area (Å²) in [5, 5.41) is 0. The maximum absolute atomic E-state index is 5.50. The second kappa shape index (κ2) is 5.38. The number of anilines is 1. The van der Waals surface area contributed by atoms with Gasteiger partial charge in [-0.05, 0) is 31.0 Å². The predicted molar refractivity (Wildman–Crippen MR) is 81.5 cm³/mol. The molecular weight excluding hydrogens is 320 g/mol. The van der Waals surface area contributed by atoms with Gasteiger partial charge in [0.05, 0.1) is 7.11 Å². The SMILES string of the molecule is COc1ccc(Br)c(-c2nc(NN)cc(C3CC3)n2)c1. The van der Waals surface area contributed by atoms with Crippen LogP contribution in [0.4, 0.5) is 5.82 Å². The minimum atomic E-state index is 0.535. The molecule has 1 aliphatic carbocycles. The molecule has 0 saturated heterocycles. The van der Waals surface area contributed by atoms with E-state index in [-0.39, 0.29) is 0 Å². The van der Waals surface area contributed by atoms with Crippen LogP contribution in [-0.4, -0.2) is 17.1 Å². The van der Waals surface area contributed by atoms with Crippen LogP contribution in [0, 0.1) is 0 Å². The van der Waals surface area contributed by atoms with Crippen molar-refractivity contribution in [3.63, 3.8) is 0 Å². The summed E-state index contributed by atoms with van der Waals surface area (Å²) in [6, 6.07) is 7.64. The number of nitrogens with one attached hydrogen (secondary N) is 1. The number of benzene rings is 1. The van der Waals surface area contributed by atoms with Crippen molar-refractivity contribution in [1.82, 2.24) is 9.97 Å². The van der Waals surface area contributed by atoms with Crippen LogP contribution >= 0.6 is 15.9 Å². The molecule has 6 heteroatoms. The Morgan fingerprint density at radius 2 is 2.10 bits per heavy atom. The third-order valence-corrected chi connectivity index (χ3v) is 4.00. The van der Waals surface area contributed by atoms with Gasteiger partial charge in [0.2, 0.25) is 0 Å². The van der Waals surface area contributed by atoms with E-state index in [0.29, 0.717) is 17.6 Å². The standard InChI is InChI=1S/C14H15BrN4O/c1-20-9-4-5-11(15)10(6-9)14-17-12(8-2-3-8)7-13(18-14)19-16/h4-8H,2-3,16H2,1H3,(H,17,18,19). The number of hydrogen-bond acceptors (Lipinski definition) is 5. The lowest BCUT2D eigenvalue weighted by atomic mass is 10.2. The van der Waals surface area contributed by atoms with Crippen molar-refractivity contribution in [3.8, 4) is 17.1 Å². The zero-order valence-electron chi connectivity index (χ0n) is 11.1.